The van der Waals surface area contributed by atoms with Crippen LogP contribution < -0.4 is 4.90 Å². The Morgan fingerprint density at radius 3 is 2.26 bits per heavy atom. The minimum atomic E-state index is -0.573. The number of ketones is 1. The molecule has 0 spiro atoms. The van der Waals surface area contributed by atoms with Crippen LogP contribution in [0, 0.1) is 10.1 Å². The second kappa shape index (κ2) is 6.78. The number of azo groups is 1. The van der Waals surface area contributed by atoms with Crippen molar-refractivity contribution < 1.29 is 9.72 Å². The topological polar surface area (TPSA) is 88.2 Å². The van der Waals surface area contributed by atoms with Crippen LogP contribution in [0.15, 0.2) is 52.7 Å². The molecule has 23 heavy (non-hydrogen) atoms. The van der Waals surface area contributed by atoms with Crippen molar-refractivity contribution >= 4 is 28.5 Å². The minimum Gasteiger partial charge on any atom is -0.378 e. The zero-order valence-electron chi connectivity index (χ0n) is 13.1. The molecule has 2 rings (SSSR count). The normalized spacial score (nSPS) is 10.7. The molecule has 0 atom stereocenters. The average molecular weight is 312 g/mol. The van der Waals surface area contributed by atoms with Crippen LogP contribution in [0.1, 0.15) is 17.3 Å². The Morgan fingerprint density at radius 1 is 1.09 bits per heavy atom. The van der Waals surface area contributed by atoms with Gasteiger partial charge in [-0.25, -0.2) is 0 Å². The van der Waals surface area contributed by atoms with Gasteiger partial charge in [0.2, 0.25) is 0 Å². The van der Waals surface area contributed by atoms with Crippen molar-refractivity contribution in [2.24, 2.45) is 10.2 Å². The maximum atomic E-state index is 11.3. The quantitative estimate of drug-likeness (QED) is 0.357. The average Bonchev–Trinajstić information content (AvgIpc) is 2.52. The van der Waals surface area contributed by atoms with Gasteiger partial charge >= 0.3 is 0 Å². The van der Waals surface area contributed by atoms with Crippen molar-refractivity contribution in [3.05, 3.63) is 58.1 Å². The van der Waals surface area contributed by atoms with Gasteiger partial charge in [-0.1, -0.05) is 0 Å². The maximum absolute atomic E-state index is 11.3. The molecule has 0 amide bonds. The van der Waals surface area contributed by atoms with Crippen LogP contribution in [-0.4, -0.2) is 24.8 Å². The van der Waals surface area contributed by atoms with Gasteiger partial charge in [0.1, 0.15) is 0 Å². The lowest BCUT2D eigenvalue weighted by molar-refractivity contribution is -0.384. The van der Waals surface area contributed by atoms with E-state index < -0.39 is 4.92 Å². The Hall–Kier alpha value is -3.09. The number of nitrogens with zero attached hydrogens (tertiary/aromatic N) is 4. The SMILES string of the molecule is CC(=O)c1ccc(N=Nc2ccc(N(C)C)cc2)c([N+](=O)[O-])c1. The predicted octanol–water partition coefficient (Wildman–Crippen LogP) is 4.28. The highest BCUT2D eigenvalue weighted by Gasteiger charge is 2.16. The number of carbonyl (C=O) groups excluding carboxylic acids is 1. The lowest BCUT2D eigenvalue weighted by Gasteiger charge is -2.11. The molecule has 2 aromatic rings. The molecule has 7 heteroatoms. The van der Waals surface area contributed by atoms with Gasteiger partial charge in [-0.2, -0.15) is 5.11 Å². The fourth-order valence-electron chi connectivity index (χ4n) is 1.90. The van der Waals surface area contributed by atoms with Crippen LogP contribution in [0.3, 0.4) is 0 Å². The molecule has 2 aromatic carbocycles. The molecule has 0 saturated heterocycles. The first-order valence-electron chi connectivity index (χ1n) is 6.87. The Labute approximate surface area is 133 Å². The number of hydrogen-bond acceptors (Lipinski definition) is 6. The van der Waals surface area contributed by atoms with Crippen LogP contribution in [0.4, 0.5) is 22.7 Å². The highest BCUT2D eigenvalue weighted by Crippen LogP contribution is 2.30. The maximum Gasteiger partial charge on any atom is 0.297 e. The predicted molar refractivity (Wildman–Crippen MR) is 88.0 cm³/mol. The molecular formula is C16H16N4O3. The summed E-state index contributed by atoms with van der Waals surface area (Å²) in [6, 6.07) is 11.4. The van der Waals surface area contributed by atoms with Gasteiger partial charge in [0, 0.05) is 31.4 Å². The first-order chi connectivity index (χ1) is 10.9. The van der Waals surface area contributed by atoms with E-state index in [1.54, 1.807) is 12.1 Å². The Balaban J connectivity index is 2.31. The largest absolute Gasteiger partial charge is 0.378 e. The molecule has 0 aliphatic carbocycles. The van der Waals surface area contributed by atoms with E-state index in [1.165, 1.54) is 25.1 Å². The molecule has 0 unspecified atom stereocenters. The number of rotatable bonds is 5. The van der Waals surface area contributed by atoms with Crippen LogP contribution in [0.5, 0.6) is 0 Å². The highest BCUT2D eigenvalue weighted by molar-refractivity contribution is 5.95. The minimum absolute atomic E-state index is 0.108. The van der Waals surface area contributed by atoms with Gasteiger partial charge in [-0.15, -0.1) is 5.11 Å². The van der Waals surface area contributed by atoms with Crippen molar-refractivity contribution in [2.75, 3.05) is 19.0 Å². The third-order valence-corrected chi connectivity index (χ3v) is 3.22. The van der Waals surface area contributed by atoms with Crippen molar-refractivity contribution in [3.8, 4) is 0 Å². The molecule has 0 saturated carbocycles. The van der Waals surface area contributed by atoms with Crippen LogP contribution in [-0.2, 0) is 0 Å². The third kappa shape index (κ3) is 3.97. The van der Waals surface area contributed by atoms with Gasteiger partial charge in [0.05, 0.1) is 10.6 Å². The fraction of sp³-hybridized carbons (Fsp3) is 0.188. The second-order valence-corrected chi connectivity index (χ2v) is 5.13. The number of anilines is 1. The third-order valence-electron chi connectivity index (χ3n) is 3.22. The van der Waals surface area contributed by atoms with E-state index in [0.29, 0.717) is 5.69 Å². The molecule has 0 radical (unpaired) electrons. The first-order valence-corrected chi connectivity index (χ1v) is 6.87. The van der Waals surface area contributed by atoms with Crippen molar-refractivity contribution in [3.63, 3.8) is 0 Å². The molecule has 7 nitrogen and oxygen atoms in total. The van der Waals surface area contributed by atoms with Crippen LogP contribution in [0.2, 0.25) is 0 Å². The van der Waals surface area contributed by atoms with E-state index in [4.69, 9.17) is 0 Å². The van der Waals surface area contributed by atoms with Gasteiger partial charge in [-0.3, -0.25) is 14.9 Å². The molecule has 0 heterocycles. The molecule has 118 valence electrons. The smallest absolute Gasteiger partial charge is 0.297 e. The molecule has 0 aliphatic heterocycles. The van der Waals surface area contributed by atoms with Crippen LogP contribution in [0.25, 0.3) is 0 Å². The number of nitro benzene ring substituents is 1. The van der Waals surface area contributed by atoms with Crippen molar-refractivity contribution in [1.82, 2.24) is 0 Å². The second-order valence-electron chi connectivity index (χ2n) is 5.13. The summed E-state index contributed by atoms with van der Waals surface area (Å²) in [5, 5.41) is 19.1. The van der Waals surface area contributed by atoms with Gasteiger partial charge in [-0.05, 0) is 43.3 Å². The van der Waals surface area contributed by atoms with E-state index in [2.05, 4.69) is 10.2 Å². The first kappa shape index (κ1) is 16.3. The summed E-state index contributed by atoms with van der Waals surface area (Å²) in [4.78, 5) is 23.8. The number of carbonyl (C=O) groups is 1. The Morgan fingerprint density at radius 2 is 1.74 bits per heavy atom. The lowest BCUT2D eigenvalue weighted by Crippen LogP contribution is -2.07. The zero-order chi connectivity index (χ0) is 17.0. The van der Waals surface area contributed by atoms with Crippen molar-refractivity contribution in [2.45, 2.75) is 6.92 Å². The summed E-state index contributed by atoms with van der Waals surface area (Å²) in [5.74, 6) is -0.240. The lowest BCUT2D eigenvalue weighted by atomic mass is 10.1. The van der Waals surface area contributed by atoms with E-state index in [-0.39, 0.29) is 22.7 Å². The summed E-state index contributed by atoms with van der Waals surface area (Å²) < 4.78 is 0. The summed E-state index contributed by atoms with van der Waals surface area (Å²) in [7, 11) is 3.85. The summed E-state index contributed by atoms with van der Waals surface area (Å²) in [6.45, 7) is 1.35. The van der Waals surface area contributed by atoms with Gasteiger partial charge < -0.3 is 4.90 Å². The zero-order valence-corrected chi connectivity index (χ0v) is 13.1. The van der Waals surface area contributed by atoms with E-state index in [9.17, 15) is 14.9 Å². The molecule has 0 bridgehead atoms. The van der Waals surface area contributed by atoms with Gasteiger partial charge in [0.15, 0.2) is 11.5 Å². The molecule has 0 aromatic heterocycles. The van der Waals surface area contributed by atoms with E-state index in [1.807, 2.05) is 31.1 Å². The molecule has 0 N–H and O–H groups in total. The number of benzene rings is 2. The van der Waals surface area contributed by atoms with Gasteiger partial charge in [0.25, 0.3) is 5.69 Å². The van der Waals surface area contributed by atoms with E-state index in [0.717, 1.165) is 5.69 Å². The van der Waals surface area contributed by atoms with Crippen LogP contribution >= 0.6 is 0 Å². The number of hydrogen-bond donors (Lipinski definition) is 0. The molecular weight excluding hydrogens is 296 g/mol. The standard InChI is InChI=1S/C16H16N4O3/c1-11(21)12-4-9-15(16(10-12)20(22)23)18-17-13-5-7-14(8-6-13)19(2)3/h4-10H,1-3H3. The highest BCUT2D eigenvalue weighted by atomic mass is 16.6. The Kier molecular flexibility index (Phi) is 4.80. The molecule has 0 aliphatic rings. The fourth-order valence-corrected chi connectivity index (χ4v) is 1.90. The number of Topliss-reactive ketones (excluding diaryl/α,β-unsaturated/α-hetero) is 1. The summed E-state index contributed by atoms with van der Waals surface area (Å²) in [5.41, 5.74) is 1.73. The van der Waals surface area contributed by atoms with Crippen molar-refractivity contribution in [1.29, 1.82) is 0 Å². The number of nitro groups is 1. The van der Waals surface area contributed by atoms with E-state index >= 15 is 0 Å². The Bertz CT molecular complexity index is 767. The summed E-state index contributed by atoms with van der Waals surface area (Å²) >= 11 is 0. The summed E-state index contributed by atoms with van der Waals surface area (Å²) in [6.07, 6.45) is 0. The monoisotopic (exact) mass is 312 g/mol. The molecule has 0 fully saturated rings.